The summed E-state index contributed by atoms with van der Waals surface area (Å²) in [6.45, 7) is 3.13. The minimum atomic E-state index is -0.0544. The van der Waals surface area contributed by atoms with Crippen LogP contribution in [0.2, 0.25) is 0 Å². The first-order valence-corrected chi connectivity index (χ1v) is 7.61. The molecule has 0 saturated carbocycles. The largest absolute Gasteiger partial charge is 0.378 e. The molecule has 0 aliphatic rings. The van der Waals surface area contributed by atoms with Crippen LogP contribution in [0.5, 0.6) is 0 Å². The van der Waals surface area contributed by atoms with Gasteiger partial charge in [0.25, 0.3) is 5.91 Å². The van der Waals surface area contributed by atoms with Gasteiger partial charge in [0, 0.05) is 38.4 Å². The molecule has 0 aliphatic carbocycles. The van der Waals surface area contributed by atoms with Crippen molar-refractivity contribution in [2.45, 2.75) is 13.5 Å². The van der Waals surface area contributed by atoms with Crippen molar-refractivity contribution in [3.63, 3.8) is 0 Å². The molecule has 2 aromatic rings. The summed E-state index contributed by atoms with van der Waals surface area (Å²) in [6, 6.07) is 17.1. The first-order valence-electron chi connectivity index (χ1n) is 7.61. The summed E-state index contributed by atoms with van der Waals surface area (Å²) in [5.74, 6) is -0.0544. The number of amides is 1. The first-order chi connectivity index (χ1) is 11.0. The van der Waals surface area contributed by atoms with Crippen molar-refractivity contribution in [3.8, 4) is 6.07 Å². The molecule has 2 rings (SSSR count). The molecule has 4 heteroatoms. The Bertz CT molecular complexity index is 714. The van der Waals surface area contributed by atoms with Gasteiger partial charge in [0.05, 0.1) is 11.6 Å². The SMILES string of the molecule is CCN(Cc1ccc(N(C)C)cc1)C(=O)c1cccc(C#N)c1. The van der Waals surface area contributed by atoms with Crippen molar-refractivity contribution in [3.05, 3.63) is 65.2 Å². The molecule has 0 bridgehead atoms. The lowest BCUT2D eigenvalue weighted by atomic mass is 10.1. The van der Waals surface area contributed by atoms with Gasteiger partial charge in [-0.3, -0.25) is 4.79 Å². The Hall–Kier alpha value is -2.80. The molecule has 118 valence electrons. The van der Waals surface area contributed by atoms with Gasteiger partial charge in [-0.25, -0.2) is 0 Å². The van der Waals surface area contributed by atoms with Crippen molar-refractivity contribution in [1.29, 1.82) is 5.26 Å². The minimum Gasteiger partial charge on any atom is -0.378 e. The highest BCUT2D eigenvalue weighted by molar-refractivity contribution is 5.94. The molecule has 0 fully saturated rings. The smallest absolute Gasteiger partial charge is 0.254 e. The fourth-order valence-corrected chi connectivity index (χ4v) is 2.35. The highest BCUT2D eigenvalue weighted by Crippen LogP contribution is 2.15. The minimum absolute atomic E-state index is 0.0544. The average Bonchev–Trinajstić information content (AvgIpc) is 2.59. The van der Waals surface area contributed by atoms with Crippen molar-refractivity contribution >= 4 is 11.6 Å². The highest BCUT2D eigenvalue weighted by atomic mass is 16.2. The Kier molecular flexibility index (Phi) is 5.37. The Morgan fingerprint density at radius 3 is 2.39 bits per heavy atom. The predicted molar refractivity (Wildman–Crippen MR) is 92.3 cm³/mol. The van der Waals surface area contributed by atoms with Crippen LogP contribution >= 0.6 is 0 Å². The molecular formula is C19H21N3O. The Labute approximate surface area is 137 Å². The molecule has 0 aromatic heterocycles. The number of carbonyl (C=O) groups is 1. The molecule has 0 aliphatic heterocycles. The Balaban J connectivity index is 2.15. The number of benzene rings is 2. The van der Waals surface area contributed by atoms with E-state index in [2.05, 4.69) is 6.07 Å². The summed E-state index contributed by atoms with van der Waals surface area (Å²) < 4.78 is 0. The molecule has 0 spiro atoms. The topological polar surface area (TPSA) is 47.3 Å². The van der Waals surface area contributed by atoms with E-state index in [0.717, 1.165) is 11.3 Å². The molecular weight excluding hydrogens is 286 g/mol. The van der Waals surface area contributed by atoms with E-state index in [1.54, 1.807) is 29.2 Å². The van der Waals surface area contributed by atoms with Crippen LogP contribution in [-0.4, -0.2) is 31.4 Å². The van der Waals surface area contributed by atoms with E-state index in [0.29, 0.717) is 24.2 Å². The zero-order chi connectivity index (χ0) is 16.8. The molecule has 4 nitrogen and oxygen atoms in total. The highest BCUT2D eigenvalue weighted by Gasteiger charge is 2.15. The van der Waals surface area contributed by atoms with Crippen LogP contribution in [0.4, 0.5) is 5.69 Å². The van der Waals surface area contributed by atoms with Gasteiger partial charge in [-0.1, -0.05) is 18.2 Å². The molecule has 0 saturated heterocycles. The van der Waals surface area contributed by atoms with Gasteiger partial charge in [-0.05, 0) is 42.8 Å². The fourth-order valence-electron chi connectivity index (χ4n) is 2.35. The third-order valence-electron chi connectivity index (χ3n) is 3.73. The van der Waals surface area contributed by atoms with Gasteiger partial charge in [0.1, 0.15) is 0 Å². The number of nitriles is 1. The summed E-state index contributed by atoms with van der Waals surface area (Å²) in [6.07, 6.45) is 0. The van der Waals surface area contributed by atoms with E-state index in [-0.39, 0.29) is 5.91 Å². The van der Waals surface area contributed by atoms with Gasteiger partial charge in [0.2, 0.25) is 0 Å². The third-order valence-corrected chi connectivity index (χ3v) is 3.73. The van der Waals surface area contributed by atoms with Gasteiger partial charge in [-0.15, -0.1) is 0 Å². The first kappa shape index (κ1) is 16.6. The zero-order valence-electron chi connectivity index (χ0n) is 13.8. The summed E-state index contributed by atoms with van der Waals surface area (Å²) in [7, 11) is 4.00. The number of carbonyl (C=O) groups excluding carboxylic acids is 1. The van der Waals surface area contributed by atoms with Crippen LogP contribution in [0, 0.1) is 11.3 Å². The Morgan fingerprint density at radius 1 is 1.13 bits per heavy atom. The zero-order valence-corrected chi connectivity index (χ0v) is 13.8. The van der Waals surface area contributed by atoms with Crippen molar-refractivity contribution < 1.29 is 4.79 Å². The molecule has 23 heavy (non-hydrogen) atoms. The lowest BCUT2D eigenvalue weighted by Gasteiger charge is -2.22. The van der Waals surface area contributed by atoms with Gasteiger partial charge in [0.15, 0.2) is 0 Å². The summed E-state index contributed by atoms with van der Waals surface area (Å²) >= 11 is 0. The van der Waals surface area contributed by atoms with E-state index in [4.69, 9.17) is 5.26 Å². The maximum atomic E-state index is 12.6. The number of hydrogen-bond acceptors (Lipinski definition) is 3. The lowest BCUT2D eigenvalue weighted by molar-refractivity contribution is 0.0752. The van der Waals surface area contributed by atoms with E-state index >= 15 is 0 Å². The van der Waals surface area contributed by atoms with Crippen molar-refractivity contribution in [2.75, 3.05) is 25.5 Å². The van der Waals surface area contributed by atoms with Gasteiger partial charge < -0.3 is 9.80 Å². The lowest BCUT2D eigenvalue weighted by Crippen LogP contribution is -2.30. The number of anilines is 1. The predicted octanol–water partition coefficient (Wildman–Crippen LogP) is 3.29. The van der Waals surface area contributed by atoms with Crippen LogP contribution < -0.4 is 4.90 Å². The Morgan fingerprint density at radius 2 is 1.83 bits per heavy atom. The van der Waals surface area contributed by atoms with Crippen LogP contribution in [0.25, 0.3) is 0 Å². The van der Waals surface area contributed by atoms with E-state index in [9.17, 15) is 4.79 Å². The normalized spacial score (nSPS) is 10.0. The second-order valence-electron chi connectivity index (χ2n) is 5.57. The number of rotatable bonds is 5. The molecule has 0 radical (unpaired) electrons. The molecule has 1 amide bonds. The van der Waals surface area contributed by atoms with Crippen LogP contribution in [0.3, 0.4) is 0 Å². The standard InChI is InChI=1S/C19H21N3O/c1-4-22(14-15-8-10-18(11-9-15)21(2)3)19(23)17-7-5-6-16(12-17)13-20/h5-12H,4,14H2,1-3H3. The van der Waals surface area contributed by atoms with Gasteiger partial charge in [-0.2, -0.15) is 5.26 Å². The van der Waals surface area contributed by atoms with Crippen LogP contribution in [-0.2, 0) is 6.54 Å². The maximum Gasteiger partial charge on any atom is 0.254 e. The van der Waals surface area contributed by atoms with Crippen LogP contribution in [0.1, 0.15) is 28.4 Å². The second kappa shape index (κ2) is 7.46. The van der Waals surface area contributed by atoms with Crippen LogP contribution in [0.15, 0.2) is 48.5 Å². The monoisotopic (exact) mass is 307 g/mol. The van der Waals surface area contributed by atoms with E-state index in [1.807, 2.05) is 50.2 Å². The molecule has 0 atom stereocenters. The second-order valence-corrected chi connectivity index (χ2v) is 5.57. The molecule has 0 unspecified atom stereocenters. The van der Waals surface area contributed by atoms with E-state index < -0.39 is 0 Å². The van der Waals surface area contributed by atoms with Crippen molar-refractivity contribution in [1.82, 2.24) is 4.90 Å². The van der Waals surface area contributed by atoms with Crippen molar-refractivity contribution in [2.24, 2.45) is 0 Å². The summed E-state index contributed by atoms with van der Waals surface area (Å²) in [4.78, 5) is 16.5. The quantitative estimate of drug-likeness (QED) is 0.851. The third kappa shape index (κ3) is 4.10. The molecule has 2 aromatic carbocycles. The summed E-state index contributed by atoms with van der Waals surface area (Å²) in [5, 5.41) is 8.97. The van der Waals surface area contributed by atoms with Gasteiger partial charge >= 0.3 is 0 Å². The summed E-state index contributed by atoms with van der Waals surface area (Å²) in [5.41, 5.74) is 3.27. The van der Waals surface area contributed by atoms with E-state index in [1.165, 1.54) is 0 Å². The average molecular weight is 307 g/mol. The maximum absolute atomic E-state index is 12.6. The molecule has 0 N–H and O–H groups in total. The fraction of sp³-hybridized carbons (Fsp3) is 0.263. The number of hydrogen-bond donors (Lipinski definition) is 0. The number of nitrogens with zero attached hydrogens (tertiary/aromatic N) is 3. The molecule has 0 heterocycles.